The maximum Gasteiger partial charge on any atom is 0.356 e. The van der Waals surface area contributed by atoms with Crippen molar-refractivity contribution in [1.29, 1.82) is 0 Å². The number of aryl methyl sites for hydroxylation is 1. The Balaban J connectivity index is 0.000000410. The Morgan fingerprint density at radius 1 is 0.979 bits per heavy atom. The molecular formula is C35H49ClN4O7S. The topological polar surface area (TPSA) is 159 Å². The number of halogens is 1. The summed E-state index contributed by atoms with van der Waals surface area (Å²) >= 11 is 5.48. The number of carbonyl (C=O) groups is 2. The minimum atomic E-state index is -3.66. The van der Waals surface area contributed by atoms with Gasteiger partial charge in [-0.3, -0.25) is 14.3 Å². The van der Waals surface area contributed by atoms with Gasteiger partial charge in [0.05, 0.1) is 17.0 Å². The van der Waals surface area contributed by atoms with E-state index in [-0.39, 0.29) is 22.4 Å². The molecule has 0 fully saturated rings. The Kier molecular flexibility index (Phi) is 18.7. The summed E-state index contributed by atoms with van der Waals surface area (Å²) in [5.74, 6) is -0.335. The largest absolute Gasteiger partial charge is 0.491 e. The van der Waals surface area contributed by atoms with Crippen molar-refractivity contribution in [2.45, 2.75) is 78.1 Å². The van der Waals surface area contributed by atoms with Gasteiger partial charge in [-0.1, -0.05) is 69.5 Å². The molecule has 264 valence electrons. The number of rotatable bonds is 16. The number of ether oxygens (including phenoxy) is 1. The van der Waals surface area contributed by atoms with Crippen molar-refractivity contribution in [3.05, 3.63) is 71.3 Å². The number of hydrogen-bond donors (Lipinski definition) is 3. The third kappa shape index (κ3) is 15.5. The lowest BCUT2D eigenvalue weighted by Gasteiger charge is -2.26. The van der Waals surface area contributed by atoms with E-state index in [4.69, 9.17) is 26.0 Å². The quantitative estimate of drug-likeness (QED) is 0.104. The summed E-state index contributed by atoms with van der Waals surface area (Å²) in [6.45, 7) is 6.18. The Labute approximate surface area is 289 Å². The molecule has 0 spiro atoms. The van der Waals surface area contributed by atoms with E-state index >= 15 is 0 Å². The van der Waals surface area contributed by atoms with Crippen LogP contribution in [0, 0.1) is 0 Å². The molecule has 1 amide bonds. The molecule has 11 nitrogen and oxygen atoms in total. The molecule has 3 aromatic rings. The zero-order valence-electron chi connectivity index (χ0n) is 28.2. The van der Waals surface area contributed by atoms with E-state index in [1.165, 1.54) is 76.1 Å². The number of fused-ring (bicyclic) bond motifs is 1. The molecule has 48 heavy (non-hydrogen) atoms. The average molecular weight is 705 g/mol. The van der Waals surface area contributed by atoms with Crippen LogP contribution < -0.4 is 15.0 Å². The third-order valence-corrected chi connectivity index (χ3v) is 8.58. The van der Waals surface area contributed by atoms with Crippen molar-refractivity contribution in [3.8, 4) is 16.9 Å². The maximum absolute atomic E-state index is 11.9. The number of nitrogens with one attached hydrogen (secondary N) is 1. The average Bonchev–Trinajstić information content (AvgIpc) is 3.07. The number of pyridine rings is 2. The van der Waals surface area contributed by atoms with E-state index in [0.29, 0.717) is 13.0 Å². The van der Waals surface area contributed by atoms with Crippen LogP contribution in [0.3, 0.4) is 0 Å². The highest BCUT2D eigenvalue weighted by Gasteiger charge is 2.21. The summed E-state index contributed by atoms with van der Waals surface area (Å²) in [6.07, 6.45) is 17.2. The first-order valence-electron chi connectivity index (χ1n) is 16.4. The molecule has 0 unspecified atom stereocenters. The summed E-state index contributed by atoms with van der Waals surface area (Å²) in [5, 5.41) is 12.1. The van der Waals surface area contributed by atoms with Crippen LogP contribution in [0.4, 0.5) is 5.69 Å². The highest BCUT2D eigenvalue weighted by Crippen LogP contribution is 2.32. The Bertz CT molecular complexity index is 1540. The Morgan fingerprint density at radius 2 is 1.67 bits per heavy atom. The monoisotopic (exact) mass is 704 g/mol. The van der Waals surface area contributed by atoms with Crippen molar-refractivity contribution >= 4 is 39.3 Å². The van der Waals surface area contributed by atoms with E-state index in [1.807, 2.05) is 25.4 Å². The van der Waals surface area contributed by atoms with Gasteiger partial charge >= 0.3 is 5.97 Å². The van der Waals surface area contributed by atoms with Crippen LogP contribution in [0.2, 0.25) is 5.02 Å². The molecule has 13 heteroatoms. The van der Waals surface area contributed by atoms with E-state index in [0.717, 1.165) is 42.1 Å². The van der Waals surface area contributed by atoms with E-state index in [1.54, 1.807) is 17.2 Å². The number of carboxylic acids is 1. The van der Waals surface area contributed by atoms with Gasteiger partial charge in [-0.25, -0.2) is 9.78 Å². The second-order valence-corrected chi connectivity index (χ2v) is 13.4. The lowest BCUT2D eigenvalue weighted by Crippen LogP contribution is -2.30. The second-order valence-electron chi connectivity index (χ2n) is 11.3. The zero-order chi connectivity index (χ0) is 35.4. The van der Waals surface area contributed by atoms with Crippen molar-refractivity contribution in [2.75, 3.05) is 37.4 Å². The molecule has 1 aromatic carbocycles. The molecule has 1 aliphatic rings. The van der Waals surface area contributed by atoms with Crippen molar-refractivity contribution in [1.82, 2.24) is 15.3 Å². The zero-order valence-corrected chi connectivity index (χ0v) is 29.7. The minimum absolute atomic E-state index is 0.107. The van der Waals surface area contributed by atoms with Crippen LogP contribution in [-0.4, -0.2) is 72.4 Å². The predicted molar refractivity (Wildman–Crippen MR) is 191 cm³/mol. The molecule has 3 N–H and O–H groups in total. The summed E-state index contributed by atoms with van der Waals surface area (Å²) in [6, 6.07) is 11.4. The van der Waals surface area contributed by atoms with Gasteiger partial charge in [-0.2, -0.15) is 8.42 Å². The summed E-state index contributed by atoms with van der Waals surface area (Å²) < 4.78 is 32.8. The van der Waals surface area contributed by atoms with Crippen LogP contribution in [0.25, 0.3) is 11.1 Å². The fourth-order valence-electron chi connectivity index (χ4n) is 4.78. The Hall–Kier alpha value is -3.58. The van der Waals surface area contributed by atoms with Crippen molar-refractivity contribution in [3.63, 3.8) is 0 Å². The first kappa shape index (κ1) is 40.6. The van der Waals surface area contributed by atoms with Gasteiger partial charge in [0.15, 0.2) is 5.69 Å². The molecule has 2 aromatic heterocycles. The molecule has 3 heterocycles. The smallest absolute Gasteiger partial charge is 0.356 e. The lowest BCUT2D eigenvalue weighted by atomic mass is 9.97. The van der Waals surface area contributed by atoms with Crippen LogP contribution >= 0.6 is 11.6 Å². The molecule has 1 aliphatic heterocycles. The molecular weight excluding hydrogens is 656 g/mol. The van der Waals surface area contributed by atoms with E-state index < -0.39 is 16.1 Å². The molecule has 0 atom stereocenters. The molecule has 4 rings (SSSR count). The number of carboxylic acid groups (broad SMARTS) is 1. The minimum Gasteiger partial charge on any atom is -0.491 e. The fourth-order valence-corrected chi connectivity index (χ4v) is 4.99. The number of amides is 1. The normalized spacial score (nSPS) is 12.3. The van der Waals surface area contributed by atoms with Crippen molar-refractivity contribution < 1.29 is 32.4 Å². The number of aromatic nitrogens is 2. The van der Waals surface area contributed by atoms with E-state index in [9.17, 15) is 18.0 Å². The first-order chi connectivity index (χ1) is 23.0. The highest BCUT2D eigenvalue weighted by molar-refractivity contribution is 7.85. The molecule has 0 bridgehead atoms. The van der Waals surface area contributed by atoms with Crippen LogP contribution in [-0.2, 0) is 21.3 Å². The second kappa shape index (κ2) is 22.1. The summed E-state index contributed by atoms with van der Waals surface area (Å²) in [7, 11) is -1.82. The summed E-state index contributed by atoms with van der Waals surface area (Å²) in [5.41, 5.74) is 4.26. The maximum atomic E-state index is 11.9. The molecule has 0 radical (unpaired) electrons. The van der Waals surface area contributed by atoms with E-state index in [2.05, 4.69) is 34.3 Å². The lowest BCUT2D eigenvalue weighted by molar-refractivity contribution is -0.118. The fraction of sp³-hybridized carbons (Fsp3) is 0.486. The summed E-state index contributed by atoms with van der Waals surface area (Å²) in [4.78, 5) is 31.8. The molecule has 0 saturated heterocycles. The van der Waals surface area contributed by atoms with Crippen LogP contribution in [0.15, 0.2) is 55.0 Å². The number of carbonyl (C=O) groups excluding carboxylic acids is 1. The van der Waals surface area contributed by atoms with Gasteiger partial charge in [0.1, 0.15) is 12.4 Å². The standard InChI is InChI=1S/C27H39N3O2.C6H4ClNO2.C2H6O3S/c1-3-4-5-6-7-8-9-10-15-28-16-17-32-25-19-24(20-29-21-25)22-11-13-26-23(18-22)12-14-27(31)30(26)2;7-4-2-1-3-8-5(4)6(9)10;1-2-6(3,4)5/h11,13,18-21,28H,3-10,12,14-17H2,1-2H3;1-3H,(H,9,10);2H2,1H3,(H,3,4,5). The van der Waals surface area contributed by atoms with Gasteiger partial charge in [0, 0.05) is 43.7 Å². The number of aromatic carboxylic acids is 1. The number of nitrogens with zero attached hydrogens (tertiary/aromatic N) is 3. The number of anilines is 1. The third-order valence-electron chi connectivity index (χ3n) is 7.55. The first-order valence-corrected chi connectivity index (χ1v) is 18.4. The van der Waals surface area contributed by atoms with Gasteiger partial charge in [0.25, 0.3) is 10.1 Å². The van der Waals surface area contributed by atoms with Gasteiger partial charge in [0.2, 0.25) is 5.91 Å². The van der Waals surface area contributed by atoms with Gasteiger partial charge in [-0.05, 0) is 67.8 Å². The van der Waals surface area contributed by atoms with Crippen molar-refractivity contribution in [2.24, 2.45) is 0 Å². The van der Waals surface area contributed by atoms with Gasteiger partial charge in [-0.15, -0.1) is 0 Å². The Morgan fingerprint density at radius 3 is 2.29 bits per heavy atom. The van der Waals surface area contributed by atoms with Gasteiger partial charge < -0.3 is 20.1 Å². The van der Waals surface area contributed by atoms with Crippen LogP contribution in [0.1, 0.15) is 87.7 Å². The predicted octanol–water partition coefficient (Wildman–Crippen LogP) is 7.09. The number of benzene rings is 1. The number of unbranched alkanes of at least 4 members (excludes halogenated alkanes) is 7. The van der Waals surface area contributed by atoms with Crippen LogP contribution in [0.5, 0.6) is 5.75 Å². The number of hydrogen-bond acceptors (Lipinski definition) is 8. The SMILES string of the molecule is CCCCCCCCCCNCCOc1cncc(-c2ccc3c(c2)CCC(=O)N3C)c1.CCS(=O)(=O)O.O=C(O)c1ncccc1Cl. The highest BCUT2D eigenvalue weighted by atomic mass is 35.5. The molecule has 0 aliphatic carbocycles. The molecule has 0 saturated carbocycles.